The first-order valence-corrected chi connectivity index (χ1v) is 7.56. The van der Waals surface area contributed by atoms with Crippen molar-refractivity contribution in [2.75, 3.05) is 6.61 Å². The standard InChI is InChI=1S/C11H15ClN2O4S/c1-2-18-11(15)14-19(16,17)13-8-10-5-3-9(7-12)4-6-10/h3-6,13H,2,7-8H2,1H3,(H,14,15). The normalized spacial score (nSPS) is 11.1. The van der Waals surface area contributed by atoms with Crippen LogP contribution in [0.4, 0.5) is 4.79 Å². The van der Waals surface area contributed by atoms with Gasteiger partial charge in [0.15, 0.2) is 0 Å². The lowest BCUT2D eigenvalue weighted by Gasteiger charge is -2.08. The van der Waals surface area contributed by atoms with E-state index in [2.05, 4.69) is 9.46 Å². The summed E-state index contributed by atoms with van der Waals surface area (Å²) in [5.74, 6) is 0.399. The summed E-state index contributed by atoms with van der Waals surface area (Å²) in [6.45, 7) is 1.75. The minimum atomic E-state index is -3.92. The Bertz CT molecular complexity index is 516. The highest BCUT2D eigenvalue weighted by atomic mass is 35.5. The van der Waals surface area contributed by atoms with E-state index < -0.39 is 16.3 Å². The Morgan fingerprint density at radius 2 is 1.84 bits per heavy atom. The number of alkyl halides is 1. The van der Waals surface area contributed by atoms with E-state index >= 15 is 0 Å². The average Bonchev–Trinajstić information content (AvgIpc) is 2.37. The summed E-state index contributed by atoms with van der Waals surface area (Å²) in [7, 11) is -3.92. The molecule has 0 aromatic heterocycles. The van der Waals surface area contributed by atoms with Gasteiger partial charge in [-0.3, -0.25) is 0 Å². The molecule has 19 heavy (non-hydrogen) atoms. The first kappa shape index (κ1) is 15.7. The number of amides is 1. The molecule has 0 aliphatic rings. The monoisotopic (exact) mass is 306 g/mol. The van der Waals surface area contributed by atoms with Crippen LogP contribution in [-0.4, -0.2) is 21.1 Å². The number of nitrogens with one attached hydrogen (secondary N) is 2. The second-order valence-electron chi connectivity index (χ2n) is 3.60. The van der Waals surface area contributed by atoms with Crippen molar-refractivity contribution >= 4 is 27.9 Å². The third-order valence-corrected chi connectivity index (χ3v) is 3.41. The lowest BCUT2D eigenvalue weighted by Crippen LogP contribution is -2.40. The van der Waals surface area contributed by atoms with Gasteiger partial charge in [0.1, 0.15) is 0 Å². The number of ether oxygens (including phenoxy) is 1. The first-order valence-electron chi connectivity index (χ1n) is 5.54. The van der Waals surface area contributed by atoms with Crippen LogP contribution in [0.15, 0.2) is 24.3 Å². The zero-order chi connectivity index (χ0) is 14.3. The van der Waals surface area contributed by atoms with Crippen molar-refractivity contribution in [3.63, 3.8) is 0 Å². The number of hydrogen-bond acceptors (Lipinski definition) is 4. The van der Waals surface area contributed by atoms with Crippen molar-refractivity contribution in [1.29, 1.82) is 0 Å². The molecule has 0 atom stereocenters. The van der Waals surface area contributed by atoms with Gasteiger partial charge in [-0.15, -0.1) is 11.6 Å². The van der Waals surface area contributed by atoms with Gasteiger partial charge in [-0.05, 0) is 18.1 Å². The molecule has 0 spiro atoms. The number of halogens is 1. The van der Waals surface area contributed by atoms with Crippen LogP contribution in [-0.2, 0) is 27.4 Å². The molecule has 2 N–H and O–H groups in total. The molecule has 1 aromatic rings. The molecule has 1 amide bonds. The van der Waals surface area contributed by atoms with Gasteiger partial charge >= 0.3 is 16.3 Å². The maximum Gasteiger partial charge on any atom is 0.421 e. The summed E-state index contributed by atoms with van der Waals surface area (Å²) >= 11 is 5.64. The fraction of sp³-hybridized carbons (Fsp3) is 0.364. The third kappa shape index (κ3) is 5.91. The van der Waals surface area contributed by atoms with Gasteiger partial charge in [-0.2, -0.15) is 13.1 Å². The second kappa shape index (κ2) is 7.32. The Balaban J connectivity index is 2.52. The predicted molar refractivity (Wildman–Crippen MR) is 71.9 cm³/mol. The van der Waals surface area contributed by atoms with E-state index in [9.17, 15) is 13.2 Å². The predicted octanol–water partition coefficient (Wildman–Crippen LogP) is 1.51. The quantitative estimate of drug-likeness (QED) is 0.780. The van der Waals surface area contributed by atoms with Crippen molar-refractivity contribution in [3.05, 3.63) is 35.4 Å². The van der Waals surface area contributed by atoms with Crippen molar-refractivity contribution in [2.24, 2.45) is 0 Å². The molecule has 0 radical (unpaired) electrons. The van der Waals surface area contributed by atoms with Gasteiger partial charge in [-0.25, -0.2) is 9.52 Å². The van der Waals surface area contributed by atoms with E-state index in [1.54, 1.807) is 35.9 Å². The summed E-state index contributed by atoms with van der Waals surface area (Å²) in [6.07, 6.45) is -1.01. The lowest BCUT2D eigenvalue weighted by molar-refractivity contribution is 0.158. The minimum Gasteiger partial charge on any atom is -0.449 e. The third-order valence-electron chi connectivity index (χ3n) is 2.14. The first-order chi connectivity index (χ1) is 8.96. The van der Waals surface area contributed by atoms with E-state index in [1.807, 2.05) is 0 Å². The number of carbonyl (C=O) groups excluding carboxylic acids is 1. The Kier molecular flexibility index (Phi) is 6.07. The van der Waals surface area contributed by atoms with Gasteiger partial charge in [0.25, 0.3) is 0 Å². The van der Waals surface area contributed by atoms with Crippen molar-refractivity contribution < 1.29 is 17.9 Å². The maximum absolute atomic E-state index is 11.5. The van der Waals surface area contributed by atoms with Gasteiger partial charge in [0.2, 0.25) is 0 Å². The van der Waals surface area contributed by atoms with Gasteiger partial charge < -0.3 is 4.74 Å². The van der Waals surface area contributed by atoms with Crippen LogP contribution in [0, 0.1) is 0 Å². The fourth-order valence-corrected chi connectivity index (χ4v) is 2.12. The van der Waals surface area contributed by atoms with Crippen LogP contribution in [0.3, 0.4) is 0 Å². The summed E-state index contributed by atoms with van der Waals surface area (Å²) in [4.78, 5) is 11.0. The van der Waals surface area contributed by atoms with E-state index in [1.165, 1.54) is 0 Å². The molecule has 6 nitrogen and oxygen atoms in total. The van der Waals surface area contributed by atoms with Crippen LogP contribution in [0.5, 0.6) is 0 Å². The van der Waals surface area contributed by atoms with Crippen molar-refractivity contribution in [2.45, 2.75) is 19.3 Å². The molecule has 0 bridgehead atoms. The van der Waals surface area contributed by atoms with Crippen LogP contribution in [0.1, 0.15) is 18.1 Å². The molecular weight excluding hydrogens is 292 g/mol. The molecule has 0 saturated heterocycles. The molecule has 0 saturated carbocycles. The summed E-state index contributed by atoms with van der Waals surface area (Å²) < 4.78 is 31.4. The van der Waals surface area contributed by atoms with Crippen LogP contribution in [0.2, 0.25) is 0 Å². The molecule has 1 aromatic carbocycles. The van der Waals surface area contributed by atoms with Crippen molar-refractivity contribution in [3.8, 4) is 0 Å². The van der Waals surface area contributed by atoms with Crippen LogP contribution in [0.25, 0.3) is 0 Å². The molecule has 1 rings (SSSR count). The lowest BCUT2D eigenvalue weighted by atomic mass is 10.1. The Morgan fingerprint density at radius 1 is 1.26 bits per heavy atom. The van der Waals surface area contributed by atoms with E-state index in [4.69, 9.17) is 11.6 Å². The van der Waals surface area contributed by atoms with Gasteiger partial charge in [-0.1, -0.05) is 24.3 Å². The second-order valence-corrected chi connectivity index (χ2v) is 5.36. The molecule has 0 aliphatic heterocycles. The average molecular weight is 307 g/mol. The fourth-order valence-electron chi connectivity index (χ4n) is 1.23. The summed E-state index contributed by atoms with van der Waals surface area (Å²) in [5, 5.41) is 0. The molecule has 0 heterocycles. The van der Waals surface area contributed by atoms with Gasteiger partial charge in [0.05, 0.1) is 6.61 Å². The number of rotatable bonds is 6. The molecule has 0 fully saturated rings. The number of benzene rings is 1. The maximum atomic E-state index is 11.5. The Hall–Kier alpha value is -1.31. The minimum absolute atomic E-state index is 0.0668. The smallest absolute Gasteiger partial charge is 0.421 e. The van der Waals surface area contributed by atoms with Crippen molar-refractivity contribution in [1.82, 2.24) is 9.44 Å². The summed E-state index contributed by atoms with van der Waals surface area (Å²) in [5.41, 5.74) is 1.70. The van der Waals surface area contributed by atoms with E-state index in [0.717, 1.165) is 11.1 Å². The number of hydrogen-bond donors (Lipinski definition) is 2. The largest absolute Gasteiger partial charge is 0.449 e. The zero-order valence-electron chi connectivity index (χ0n) is 10.3. The van der Waals surface area contributed by atoms with E-state index in [0.29, 0.717) is 5.88 Å². The van der Waals surface area contributed by atoms with Crippen LogP contribution >= 0.6 is 11.6 Å². The highest BCUT2D eigenvalue weighted by Crippen LogP contribution is 2.06. The SMILES string of the molecule is CCOC(=O)NS(=O)(=O)NCc1ccc(CCl)cc1. The van der Waals surface area contributed by atoms with Crippen LogP contribution < -0.4 is 9.44 Å². The highest BCUT2D eigenvalue weighted by molar-refractivity contribution is 7.88. The van der Waals surface area contributed by atoms with E-state index in [-0.39, 0.29) is 13.2 Å². The zero-order valence-corrected chi connectivity index (χ0v) is 11.9. The molecule has 8 heteroatoms. The Morgan fingerprint density at radius 3 is 2.37 bits per heavy atom. The summed E-state index contributed by atoms with van der Waals surface area (Å²) in [6, 6.07) is 7.11. The Labute approximate surface area is 117 Å². The van der Waals surface area contributed by atoms with Gasteiger partial charge in [0, 0.05) is 12.4 Å². The molecule has 0 aliphatic carbocycles. The highest BCUT2D eigenvalue weighted by Gasteiger charge is 2.14. The number of carbonyl (C=O) groups is 1. The molecule has 106 valence electrons. The topological polar surface area (TPSA) is 84.5 Å². The molecule has 0 unspecified atom stereocenters. The molecular formula is C11H15ClN2O4S.